The van der Waals surface area contributed by atoms with Gasteiger partial charge in [-0.15, -0.1) is 0 Å². The Morgan fingerprint density at radius 2 is 1.85 bits per heavy atom. The van der Waals surface area contributed by atoms with Gasteiger partial charge in [-0.3, -0.25) is 9.59 Å². The van der Waals surface area contributed by atoms with Crippen LogP contribution in [0.4, 0.5) is 5.69 Å². The summed E-state index contributed by atoms with van der Waals surface area (Å²) < 4.78 is 0. The Balaban J connectivity index is 1.67. The maximum atomic E-state index is 12.7. The van der Waals surface area contributed by atoms with Crippen molar-refractivity contribution in [2.24, 2.45) is 5.92 Å². The standard InChI is InChI=1S/C20H20Cl2N2O2/c1-13-17(22)5-2-6-18(13)23-19(25)15-4-3-11-24(12-15)20(26)14-7-9-16(21)10-8-14/h2,5-10,15H,3-4,11-12H2,1H3,(H,23,25). The first-order valence-corrected chi connectivity index (χ1v) is 9.32. The molecule has 2 aromatic rings. The third-order valence-corrected chi connectivity index (χ3v) is 5.36. The third-order valence-electron chi connectivity index (χ3n) is 4.70. The molecule has 1 atom stereocenters. The van der Waals surface area contributed by atoms with Crippen molar-refractivity contribution in [2.75, 3.05) is 18.4 Å². The van der Waals surface area contributed by atoms with Gasteiger partial charge in [-0.25, -0.2) is 0 Å². The number of carbonyl (C=O) groups excluding carboxylic acids is 2. The maximum absolute atomic E-state index is 12.7. The minimum atomic E-state index is -0.238. The molecular weight excluding hydrogens is 371 g/mol. The molecule has 136 valence electrons. The van der Waals surface area contributed by atoms with E-state index in [0.29, 0.717) is 34.4 Å². The Bertz CT molecular complexity index is 821. The number of amides is 2. The van der Waals surface area contributed by atoms with Crippen molar-refractivity contribution < 1.29 is 9.59 Å². The van der Waals surface area contributed by atoms with Crippen LogP contribution in [0.15, 0.2) is 42.5 Å². The van der Waals surface area contributed by atoms with Gasteiger partial charge < -0.3 is 10.2 Å². The van der Waals surface area contributed by atoms with E-state index in [4.69, 9.17) is 23.2 Å². The Morgan fingerprint density at radius 3 is 2.58 bits per heavy atom. The molecule has 4 nitrogen and oxygen atoms in total. The Kier molecular flexibility index (Phi) is 5.84. The van der Waals surface area contributed by atoms with E-state index in [1.807, 2.05) is 19.1 Å². The van der Waals surface area contributed by atoms with Crippen molar-refractivity contribution in [1.82, 2.24) is 4.90 Å². The summed E-state index contributed by atoms with van der Waals surface area (Å²) in [4.78, 5) is 27.1. The first-order chi connectivity index (χ1) is 12.5. The van der Waals surface area contributed by atoms with Crippen molar-refractivity contribution in [3.8, 4) is 0 Å². The lowest BCUT2D eigenvalue weighted by molar-refractivity contribution is -0.121. The number of benzene rings is 2. The normalized spacial score (nSPS) is 17.0. The van der Waals surface area contributed by atoms with Crippen LogP contribution in [0, 0.1) is 12.8 Å². The summed E-state index contributed by atoms with van der Waals surface area (Å²) in [6, 6.07) is 12.3. The van der Waals surface area contributed by atoms with Gasteiger partial charge in [0.1, 0.15) is 0 Å². The van der Waals surface area contributed by atoms with Crippen molar-refractivity contribution in [3.05, 3.63) is 63.6 Å². The van der Waals surface area contributed by atoms with E-state index < -0.39 is 0 Å². The Morgan fingerprint density at radius 1 is 1.12 bits per heavy atom. The van der Waals surface area contributed by atoms with Crippen molar-refractivity contribution >= 4 is 40.7 Å². The van der Waals surface area contributed by atoms with Crippen LogP contribution in [0.25, 0.3) is 0 Å². The summed E-state index contributed by atoms with van der Waals surface area (Å²) in [7, 11) is 0. The van der Waals surface area contributed by atoms with Crippen molar-refractivity contribution in [2.45, 2.75) is 19.8 Å². The number of hydrogen-bond acceptors (Lipinski definition) is 2. The predicted octanol–water partition coefficient (Wildman–Crippen LogP) is 4.79. The predicted molar refractivity (Wildman–Crippen MR) is 105 cm³/mol. The summed E-state index contributed by atoms with van der Waals surface area (Å²) in [6.45, 7) is 2.93. The van der Waals surface area contributed by atoms with Gasteiger partial charge in [-0.05, 0) is 61.7 Å². The topological polar surface area (TPSA) is 49.4 Å². The van der Waals surface area contributed by atoms with Crippen LogP contribution < -0.4 is 5.32 Å². The number of halogens is 2. The van der Waals surface area contributed by atoms with Crippen molar-refractivity contribution in [1.29, 1.82) is 0 Å². The third kappa shape index (κ3) is 4.19. The molecule has 6 heteroatoms. The maximum Gasteiger partial charge on any atom is 0.253 e. The van der Waals surface area contributed by atoms with Crippen LogP contribution in [-0.4, -0.2) is 29.8 Å². The molecular formula is C20H20Cl2N2O2. The van der Waals surface area contributed by atoms with Gasteiger partial charge >= 0.3 is 0 Å². The lowest BCUT2D eigenvalue weighted by Crippen LogP contribution is -2.43. The molecule has 3 rings (SSSR count). The minimum Gasteiger partial charge on any atom is -0.338 e. The van der Waals surface area contributed by atoms with Gasteiger partial charge in [-0.2, -0.15) is 0 Å². The van der Waals surface area contributed by atoms with Crippen molar-refractivity contribution in [3.63, 3.8) is 0 Å². The van der Waals surface area contributed by atoms with Gasteiger partial charge in [0, 0.05) is 34.4 Å². The fourth-order valence-corrected chi connectivity index (χ4v) is 3.43. The van der Waals surface area contributed by atoms with Gasteiger partial charge in [0.05, 0.1) is 5.92 Å². The van der Waals surface area contributed by atoms with E-state index in [0.717, 1.165) is 18.4 Å². The fraction of sp³-hybridized carbons (Fsp3) is 0.300. The zero-order valence-electron chi connectivity index (χ0n) is 14.5. The monoisotopic (exact) mass is 390 g/mol. The number of nitrogens with one attached hydrogen (secondary N) is 1. The van der Waals surface area contributed by atoms with Crippen LogP contribution in [0.3, 0.4) is 0 Å². The molecule has 1 heterocycles. The number of anilines is 1. The van der Waals surface area contributed by atoms with Crippen LogP contribution in [-0.2, 0) is 4.79 Å². The van der Waals surface area contributed by atoms with E-state index in [2.05, 4.69) is 5.32 Å². The van der Waals surface area contributed by atoms with Crippen LogP contribution in [0.5, 0.6) is 0 Å². The lowest BCUT2D eigenvalue weighted by atomic mass is 9.96. The zero-order chi connectivity index (χ0) is 18.7. The molecule has 1 fully saturated rings. The number of piperidine rings is 1. The minimum absolute atomic E-state index is 0.0712. The smallest absolute Gasteiger partial charge is 0.253 e. The van der Waals surface area contributed by atoms with Gasteiger partial charge in [0.25, 0.3) is 5.91 Å². The summed E-state index contributed by atoms with van der Waals surface area (Å²) in [6.07, 6.45) is 1.56. The summed E-state index contributed by atoms with van der Waals surface area (Å²) in [5.74, 6) is -0.388. The highest BCUT2D eigenvalue weighted by Crippen LogP contribution is 2.25. The highest BCUT2D eigenvalue weighted by molar-refractivity contribution is 6.31. The van der Waals surface area contributed by atoms with Gasteiger partial charge in [-0.1, -0.05) is 29.3 Å². The summed E-state index contributed by atoms with van der Waals surface area (Å²) in [5.41, 5.74) is 2.14. The number of carbonyl (C=O) groups is 2. The molecule has 1 saturated heterocycles. The highest BCUT2D eigenvalue weighted by atomic mass is 35.5. The van der Waals surface area contributed by atoms with E-state index >= 15 is 0 Å². The van der Waals surface area contributed by atoms with Gasteiger partial charge in [0.2, 0.25) is 5.91 Å². The zero-order valence-corrected chi connectivity index (χ0v) is 16.0. The molecule has 0 aliphatic carbocycles. The first kappa shape index (κ1) is 18.7. The number of hydrogen-bond donors (Lipinski definition) is 1. The molecule has 0 spiro atoms. The molecule has 1 aliphatic heterocycles. The van der Waals surface area contributed by atoms with Crippen LogP contribution >= 0.6 is 23.2 Å². The quantitative estimate of drug-likeness (QED) is 0.818. The van der Waals surface area contributed by atoms with E-state index in [1.54, 1.807) is 35.2 Å². The molecule has 0 saturated carbocycles. The summed E-state index contributed by atoms with van der Waals surface area (Å²) >= 11 is 12.0. The molecule has 26 heavy (non-hydrogen) atoms. The average Bonchev–Trinajstić information content (AvgIpc) is 2.65. The molecule has 2 aromatic carbocycles. The second kappa shape index (κ2) is 8.11. The molecule has 1 aliphatic rings. The van der Waals surface area contributed by atoms with E-state index in [9.17, 15) is 9.59 Å². The molecule has 1 N–H and O–H groups in total. The Hall–Kier alpha value is -2.04. The second-order valence-electron chi connectivity index (χ2n) is 6.50. The number of likely N-dealkylation sites (tertiary alicyclic amines) is 1. The largest absolute Gasteiger partial charge is 0.338 e. The number of nitrogens with zero attached hydrogens (tertiary/aromatic N) is 1. The lowest BCUT2D eigenvalue weighted by Gasteiger charge is -2.32. The molecule has 2 amide bonds. The fourth-order valence-electron chi connectivity index (χ4n) is 3.13. The molecule has 0 radical (unpaired) electrons. The molecule has 0 aromatic heterocycles. The van der Waals surface area contributed by atoms with E-state index in [1.165, 1.54) is 0 Å². The number of rotatable bonds is 3. The van der Waals surface area contributed by atoms with E-state index in [-0.39, 0.29) is 17.7 Å². The second-order valence-corrected chi connectivity index (χ2v) is 7.34. The van der Waals surface area contributed by atoms with Crippen LogP contribution in [0.1, 0.15) is 28.8 Å². The highest BCUT2D eigenvalue weighted by Gasteiger charge is 2.29. The molecule has 0 bridgehead atoms. The molecule has 1 unspecified atom stereocenters. The first-order valence-electron chi connectivity index (χ1n) is 8.56. The van der Waals surface area contributed by atoms with Crippen LogP contribution in [0.2, 0.25) is 10.0 Å². The average molecular weight is 391 g/mol. The SMILES string of the molecule is Cc1c(Cl)cccc1NC(=O)C1CCCN(C(=O)c2ccc(Cl)cc2)C1. The summed E-state index contributed by atoms with van der Waals surface area (Å²) in [5, 5.41) is 4.16. The Labute approximate surface area is 163 Å². The van der Waals surface area contributed by atoms with Gasteiger partial charge in [0.15, 0.2) is 0 Å².